The molecule has 2 aromatic heterocycles. The molecule has 0 radical (unpaired) electrons. The summed E-state index contributed by atoms with van der Waals surface area (Å²) in [6.07, 6.45) is 3.43. The van der Waals surface area contributed by atoms with Crippen molar-refractivity contribution < 1.29 is 4.92 Å². The Bertz CT molecular complexity index is 951. The second kappa shape index (κ2) is 8.04. The van der Waals surface area contributed by atoms with Gasteiger partial charge >= 0.3 is 5.69 Å². The van der Waals surface area contributed by atoms with Crippen LogP contribution in [0.1, 0.15) is 31.9 Å². The SMILES string of the molecule is CC(C)(C)c1ccc(Nc2nc(NCc3ccncc3)ccc2[N+](=O)[O-])cc1. The molecule has 0 spiro atoms. The van der Waals surface area contributed by atoms with Crippen LogP contribution in [0.2, 0.25) is 0 Å². The number of nitrogens with one attached hydrogen (secondary N) is 2. The van der Waals surface area contributed by atoms with Crippen molar-refractivity contribution in [1.82, 2.24) is 9.97 Å². The van der Waals surface area contributed by atoms with Gasteiger partial charge in [-0.05, 0) is 46.9 Å². The molecule has 0 amide bonds. The van der Waals surface area contributed by atoms with E-state index in [0.29, 0.717) is 12.4 Å². The van der Waals surface area contributed by atoms with E-state index in [1.807, 2.05) is 36.4 Å². The molecular formula is C21H23N5O2. The Hall–Kier alpha value is -3.48. The van der Waals surface area contributed by atoms with E-state index in [1.54, 1.807) is 18.5 Å². The quantitative estimate of drug-likeness (QED) is 0.462. The van der Waals surface area contributed by atoms with E-state index in [2.05, 4.69) is 41.4 Å². The fraction of sp³-hybridized carbons (Fsp3) is 0.238. The lowest BCUT2D eigenvalue weighted by Gasteiger charge is -2.19. The van der Waals surface area contributed by atoms with Gasteiger partial charge in [0.05, 0.1) is 4.92 Å². The third-order valence-electron chi connectivity index (χ3n) is 4.31. The molecule has 0 saturated heterocycles. The maximum Gasteiger partial charge on any atom is 0.311 e. The van der Waals surface area contributed by atoms with Crippen molar-refractivity contribution in [1.29, 1.82) is 0 Å². The van der Waals surface area contributed by atoms with Crippen molar-refractivity contribution in [3.05, 3.63) is 82.2 Å². The summed E-state index contributed by atoms with van der Waals surface area (Å²) >= 11 is 0. The molecule has 0 bridgehead atoms. The molecule has 3 rings (SSSR count). The zero-order valence-corrected chi connectivity index (χ0v) is 16.1. The average molecular weight is 377 g/mol. The number of rotatable bonds is 6. The molecule has 2 heterocycles. The van der Waals surface area contributed by atoms with Gasteiger partial charge in [-0.15, -0.1) is 0 Å². The van der Waals surface area contributed by atoms with Crippen LogP contribution >= 0.6 is 0 Å². The minimum atomic E-state index is -0.439. The number of hydrogen-bond acceptors (Lipinski definition) is 6. The first kappa shape index (κ1) is 19.3. The van der Waals surface area contributed by atoms with Crippen LogP contribution in [-0.2, 0) is 12.0 Å². The maximum atomic E-state index is 11.4. The minimum absolute atomic E-state index is 0.0412. The molecule has 0 saturated carbocycles. The van der Waals surface area contributed by atoms with Gasteiger partial charge in [-0.1, -0.05) is 32.9 Å². The monoisotopic (exact) mass is 377 g/mol. The van der Waals surface area contributed by atoms with Crippen molar-refractivity contribution >= 4 is 23.0 Å². The van der Waals surface area contributed by atoms with E-state index in [9.17, 15) is 10.1 Å². The van der Waals surface area contributed by atoms with Gasteiger partial charge in [0, 0.05) is 30.7 Å². The number of aromatic nitrogens is 2. The predicted molar refractivity (Wildman–Crippen MR) is 111 cm³/mol. The lowest BCUT2D eigenvalue weighted by Crippen LogP contribution is -2.10. The summed E-state index contributed by atoms with van der Waals surface area (Å²) < 4.78 is 0. The summed E-state index contributed by atoms with van der Waals surface area (Å²) in [5.41, 5.74) is 2.94. The molecule has 0 fully saturated rings. The third kappa shape index (κ3) is 4.82. The van der Waals surface area contributed by atoms with Gasteiger partial charge in [-0.3, -0.25) is 15.1 Å². The normalized spacial score (nSPS) is 11.1. The Morgan fingerprint density at radius 1 is 1.00 bits per heavy atom. The lowest BCUT2D eigenvalue weighted by atomic mass is 9.87. The highest BCUT2D eigenvalue weighted by atomic mass is 16.6. The Balaban J connectivity index is 1.80. The second-order valence-electron chi connectivity index (χ2n) is 7.48. The maximum absolute atomic E-state index is 11.4. The zero-order valence-electron chi connectivity index (χ0n) is 16.1. The van der Waals surface area contributed by atoms with Crippen LogP contribution < -0.4 is 10.6 Å². The van der Waals surface area contributed by atoms with Crippen molar-refractivity contribution in [3.8, 4) is 0 Å². The van der Waals surface area contributed by atoms with Crippen LogP contribution in [0.5, 0.6) is 0 Å². The van der Waals surface area contributed by atoms with Crippen molar-refractivity contribution in [2.75, 3.05) is 10.6 Å². The van der Waals surface area contributed by atoms with Gasteiger partial charge < -0.3 is 10.6 Å². The smallest absolute Gasteiger partial charge is 0.311 e. The van der Waals surface area contributed by atoms with E-state index in [-0.39, 0.29) is 16.9 Å². The minimum Gasteiger partial charge on any atom is -0.366 e. The van der Waals surface area contributed by atoms with Crippen LogP contribution in [0.4, 0.5) is 23.0 Å². The first-order chi connectivity index (χ1) is 13.3. The summed E-state index contributed by atoms with van der Waals surface area (Å²) in [4.78, 5) is 19.3. The second-order valence-corrected chi connectivity index (χ2v) is 7.48. The average Bonchev–Trinajstić information content (AvgIpc) is 2.67. The fourth-order valence-corrected chi connectivity index (χ4v) is 2.67. The molecule has 7 heteroatoms. The Labute approximate surface area is 164 Å². The van der Waals surface area contributed by atoms with Crippen LogP contribution in [0.15, 0.2) is 60.9 Å². The molecule has 0 atom stereocenters. The predicted octanol–water partition coefficient (Wildman–Crippen LogP) is 5.04. The summed E-state index contributed by atoms with van der Waals surface area (Å²) in [6.45, 7) is 6.96. The van der Waals surface area contributed by atoms with Crippen LogP contribution in [-0.4, -0.2) is 14.9 Å². The molecule has 3 aromatic rings. The standard InChI is InChI=1S/C21H23N5O2/c1-21(2,3)16-4-6-17(7-5-16)24-20-18(26(27)28)8-9-19(25-20)23-14-15-10-12-22-13-11-15/h4-13H,14H2,1-3H3,(H2,23,24,25). The summed E-state index contributed by atoms with van der Waals surface area (Å²) in [7, 11) is 0. The molecule has 2 N–H and O–H groups in total. The number of nitro groups is 1. The number of nitrogens with zero attached hydrogens (tertiary/aromatic N) is 3. The Morgan fingerprint density at radius 2 is 1.68 bits per heavy atom. The summed E-state index contributed by atoms with van der Waals surface area (Å²) in [6, 6.07) is 14.7. The molecule has 0 aliphatic heterocycles. The summed E-state index contributed by atoms with van der Waals surface area (Å²) in [5.74, 6) is 0.754. The number of anilines is 3. The fourth-order valence-electron chi connectivity index (χ4n) is 2.67. The van der Waals surface area contributed by atoms with E-state index < -0.39 is 4.92 Å². The van der Waals surface area contributed by atoms with E-state index in [1.165, 1.54) is 11.6 Å². The highest BCUT2D eigenvalue weighted by molar-refractivity contribution is 5.68. The molecule has 0 unspecified atom stereocenters. The van der Waals surface area contributed by atoms with Crippen LogP contribution in [0.25, 0.3) is 0 Å². The Morgan fingerprint density at radius 3 is 2.29 bits per heavy atom. The molecule has 1 aromatic carbocycles. The van der Waals surface area contributed by atoms with E-state index in [0.717, 1.165) is 11.3 Å². The molecule has 28 heavy (non-hydrogen) atoms. The van der Waals surface area contributed by atoms with Crippen molar-refractivity contribution in [2.24, 2.45) is 0 Å². The van der Waals surface area contributed by atoms with Gasteiger partial charge in [0.2, 0.25) is 5.82 Å². The van der Waals surface area contributed by atoms with Gasteiger partial charge in [0.15, 0.2) is 0 Å². The van der Waals surface area contributed by atoms with Crippen molar-refractivity contribution in [3.63, 3.8) is 0 Å². The lowest BCUT2D eigenvalue weighted by molar-refractivity contribution is -0.384. The molecule has 0 aliphatic rings. The van der Waals surface area contributed by atoms with Crippen LogP contribution in [0.3, 0.4) is 0 Å². The zero-order chi connectivity index (χ0) is 20.1. The number of benzene rings is 1. The van der Waals surface area contributed by atoms with E-state index >= 15 is 0 Å². The molecule has 144 valence electrons. The molecular weight excluding hydrogens is 354 g/mol. The first-order valence-electron chi connectivity index (χ1n) is 8.99. The topological polar surface area (TPSA) is 93.0 Å². The molecule has 7 nitrogen and oxygen atoms in total. The third-order valence-corrected chi connectivity index (χ3v) is 4.31. The van der Waals surface area contributed by atoms with Gasteiger partial charge in [0.1, 0.15) is 5.82 Å². The van der Waals surface area contributed by atoms with Crippen LogP contribution in [0, 0.1) is 10.1 Å². The van der Waals surface area contributed by atoms with Gasteiger partial charge in [0.25, 0.3) is 0 Å². The van der Waals surface area contributed by atoms with E-state index in [4.69, 9.17) is 0 Å². The summed E-state index contributed by atoms with van der Waals surface area (Å²) in [5, 5.41) is 17.6. The highest BCUT2D eigenvalue weighted by Crippen LogP contribution is 2.29. The van der Waals surface area contributed by atoms with Gasteiger partial charge in [-0.2, -0.15) is 0 Å². The largest absolute Gasteiger partial charge is 0.366 e. The molecule has 0 aliphatic carbocycles. The highest BCUT2D eigenvalue weighted by Gasteiger charge is 2.17. The first-order valence-corrected chi connectivity index (χ1v) is 8.99. The van der Waals surface area contributed by atoms with Crippen molar-refractivity contribution in [2.45, 2.75) is 32.7 Å². The Kier molecular flexibility index (Phi) is 5.54. The number of hydrogen-bond donors (Lipinski definition) is 2. The number of pyridine rings is 2. The van der Waals surface area contributed by atoms with Gasteiger partial charge in [-0.25, -0.2) is 4.98 Å².